The Morgan fingerprint density at radius 2 is 1.88 bits per heavy atom. The van der Waals surface area contributed by atoms with Crippen molar-refractivity contribution in [1.29, 1.82) is 0 Å². The van der Waals surface area contributed by atoms with Gasteiger partial charge in [-0.15, -0.1) is 24.0 Å². The molecule has 3 aliphatic heterocycles. The van der Waals surface area contributed by atoms with Crippen molar-refractivity contribution in [2.75, 3.05) is 46.2 Å². The van der Waals surface area contributed by atoms with Crippen molar-refractivity contribution in [3.63, 3.8) is 0 Å². The number of aliphatic imine (C=N–C) groups is 1. The number of nitrogens with zero attached hydrogens (tertiary/aromatic N) is 2. The summed E-state index contributed by atoms with van der Waals surface area (Å²) in [6, 6.07) is 7.45. The first-order chi connectivity index (χ1) is 15.1. The smallest absolute Gasteiger partial charge is 0.231 e. The van der Waals surface area contributed by atoms with Crippen molar-refractivity contribution in [2.24, 2.45) is 4.99 Å². The summed E-state index contributed by atoms with van der Waals surface area (Å²) >= 11 is 0. The number of fused-ring (bicyclic) bond motifs is 1. The summed E-state index contributed by atoms with van der Waals surface area (Å²) < 4.78 is 16.9. The molecule has 7 nitrogen and oxygen atoms in total. The van der Waals surface area contributed by atoms with Crippen molar-refractivity contribution in [2.45, 2.75) is 64.0 Å². The summed E-state index contributed by atoms with van der Waals surface area (Å²) in [7, 11) is 0. The van der Waals surface area contributed by atoms with Crippen LogP contribution in [-0.4, -0.2) is 69.1 Å². The SMILES string of the molecule is CCNC(=NCC1(c2ccc3c(c2)OCO3)CCOCC1)NC1CCN(C(C)C)CC1.I. The van der Waals surface area contributed by atoms with Gasteiger partial charge >= 0.3 is 0 Å². The maximum atomic E-state index is 5.70. The van der Waals surface area contributed by atoms with Crippen LogP contribution < -0.4 is 20.1 Å². The highest BCUT2D eigenvalue weighted by Gasteiger charge is 2.36. The van der Waals surface area contributed by atoms with E-state index in [1.165, 1.54) is 5.56 Å². The van der Waals surface area contributed by atoms with Crippen LogP contribution in [0.1, 0.15) is 52.0 Å². The monoisotopic (exact) mass is 558 g/mol. The van der Waals surface area contributed by atoms with Gasteiger partial charge in [0.15, 0.2) is 17.5 Å². The van der Waals surface area contributed by atoms with Gasteiger partial charge in [0, 0.05) is 50.3 Å². The van der Waals surface area contributed by atoms with Crippen molar-refractivity contribution < 1.29 is 14.2 Å². The van der Waals surface area contributed by atoms with E-state index < -0.39 is 0 Å². The summed E-state index contributed by atoms with van der Waals surface area (Å²) in [6.07, 6.45) is 4.23. The van der Waals surface area contributed by atoms with E-state index in [0.717, 1.165) is 82.5 Å². The number of rotatable bonds is 6. The van der Waals surface area contributed by atoms with Gasteiger partial charge in [-0.2, -0.15) is 0 Å². The van der Waals surface area contributed by atoms with Crippen LogP contribution in [0.3, 0.4) is 0 Å². The van der Waals surface area contributed by atoms with Crippen LogP contribution in [-0.2, 0) is 10.2 Å². The van der Waals surface area contributed by atoms with Crippen LogP contribution in [0.25, 0.3) is 0 Å². The second-order valence-electron chi connectivity index (χ2n) is 9.20. The Balaban J connectivity index is 0.00000289. The molecule has 1 aromatic carbocycles. The van der Waals surface area contributed by atoms with E-state index in [2.05, 4.69) is 48.4 Å². The molecule has 3 aliphatic rings. The highest BCUT2D eigenvalue weighted by atomic mass is 127. The zero-order valence-corrected chi connectivity index (χ0v) is 22.0. The van der Waals surface area contributed by atoms with Crippen LogP contribution >= 0.6 is 24.0 Å². The number of likely N-dealkylation sites (tertiary alicyclic amines) is 1. The van der Waals surface area contributed by atoms with Crippen LogP contribution in [0.4, 0.5) is 0 Å². The molecule has 1 aromatic rings. The normalized spacial score (nSPS) is 21.3. The number of nitrogens with one attached hydrogen (secondary N) is 2. The van der Waals surface area contributed by atoms with Gasteiger partial charge < -0.3 is 29.7 Å². The fourth-order valence-corrected chi connectivity index (χ4v) is 4.83. The molecule has 3 heterocycles. The molecule has 0 unspecified atom stereocenters. The van der Waals surface area contributed by atoms with Gasteiger partial charge in [0.1, 0.15) is 0 Å². The third kappa shape index (κ3) is 5.99. The van der Waals surface area contributed by atoms with Crippen LogP contribution in [0.2, 0.25) is 0 Å². The molecule has 32 heavy (non-hydrogen) atoms. The Kier molecular flexibility index (Phi) is 9.31. The number of guanidine groups is 1. The van der Waals surface area contributed by atoms with E-state index in [9.17, 15) is 0 Å². The Labute approximate surface area is 209 Å². The molecule has 4 rings (SSSR count). The minimum atomic E-state index is -0.0391. The third-order valence-electron chi connectivity index (χ3n) is 6.92. The highest BCUT2D eigenvalue weighted by molar-refractivity contribution is 14.0. The Morgan fingerprint density at radius 1 is 1.16 bits per heavy atom. The largest absolute Gasteiger partial charge is 0.454 e. The van der Waals surface area contributed by atoms with E-state index in [0.29, 0.717) is 18.9 Å². The summed E-state index contributed by atoms with van der Waals surface area (Å²) in [4.78, 5) is 7.64. The molecule has 2 N–H and O–H groups in total. The van der Waals surface area contributed by atoms with Gasteiger partial charge in [-0.05, 0) is 64.2 Å². The zero-order chi connectivity index (χ0) is 21.7. The first-order valence-electron chi connectivity index (χ1n) is 11.9. The quantitative estimate of drug-likeness (QED) is 0.317. The fourth-order valence-electron chi connectivity index (χ4n) is 4.83. The number of piperidine rings is 1. The highest BCUT2D eigenvalue weighted by Crippen LogP contribution is 2.41. The van der Waals surface area contributed by atoms with Crippen molar-refractivity contribution >= 4 is 29.9 Å². The van der Waals surface area contributed by atoms with Gasteiger partial charge in [0.2, 0.25) is 6.79 Å². The average molecular weight is 559 g/mol. The molecule has 2 saturated heterocycles. The molecule has 8 heteroatoms. The van der Waals surface area contributed by atoms with Crippen molar-refractivity contribution in [3.05, 3.63) is 23.8 Å². The van der Waals surface area contributed by atoms with Crippen molar-refractivity contribution in [1.82, 2.24) is 15.5 Å². The fraction of sp³-hybridized carbons (Fsp3) is 0.708. The molecular formula is C24H39IN4O3. The van der Waals surface area contributed by atoms with Crippen LogP contribution in [0.5, 0.6) is 11.5 Å². The Bertz CT molecular complexity index is 760. The lowest BCUT2D eigenvalue weighted by Crippen LogP contribution is -2.50. The molecule has 0 aromatic heterocycles. The van der Waals surface area contributed by atoms with Crippen molar-refractivity contribution in [3.8, 4) is 11.5 Å². The molecular weight excluding hydrogens is 519 g/mol. The van der Waals surface area contributed by atoms with Gasteiger partial charge in [0.05, 0.1) is 6.54 Å². The van der Waals surface area contributed by atoms with E-state index >= 15 is 0 Å². The number of halogens is 1. The maximum Gasteiger partial charge on any atom is 0.231 e. The topological polar surface area (TPSA) is 67.4 Å². The summed E-state index contributed by atoms with van der Waals surface area (Å²) in [5.74, 6) is 2.60. The third-order valence-corrected chi connectivity index (χ3v) is 6.92. The van der Waals surface area contributed by atoms with Crippen LogP contribution in [0, 0.1) is 0 Å². The molecule has 2 fully saturated rings. The summed E-state index contributed by atoms with van der Waals surface area (Å²) in [5, 5.41) is 7.17. The molecule has 0 aliphatic carbocycles. The molecule has 0 spiro atoms. The molecule has 0 amide bonds. The maximum absolute atomic E-state index is 5.70. The molecule has 0 radical (unpaired) electrons. The Morgan fingerprint density at radius 3 is 2.56 bits per heavy atom. The van der Waals surface area contributed by atoms with Gasteiger partial charge in [-0.25, -0.2) is 0 Å². The second-order valence-corrected chi connectivity index (χ2v) is 9.20. The van der Waals surface area contributed by atoms with E-state index in [1.54, 1.807) is 0 Å². The average Bonchev–Trinajstić information content (AvgIpc) is 3.27. The second kappa shape index (κ2) is 11.7. The van der Waals surface area contributed by atoms with E-state index in [1.807, 2.05) is 6.07 Å². The lowest BCUT2D eigenvalue weighted by atomic mass is 9.74. The number of ether oxygens (including phenoxy) is 3. The van der Waals surface area contributed by atoms with Gasteiger partial charge in [-0.3, -0.25) is 4.99 Å². The van der Waals surface area contributed by atoms with E-state index in [-0.39, 0.29) is 29.4 Å². The summed E-state index contributed by atoms with van der Waals surface area (Å²) in [5.41, 5.74) is 1.23. The number of benzene rings is 1. The van der Waals surface area contributed by atoms with E-state index in [4.69, 9.17) is 19.2 Å². The first kappa shape index (κ1) is 25.4. The lowest BCUT2D eigenvalue weighted by Gasteiger charge is -2.37. The van der Waals surface area contributed by atoms with Gasteiger partial charge in [0.25, 0.3) is 0 Å². The predicted octanol–water partition coefficient (Wildman–Crippen LogP) is 3.51. The zero-order valence-electron chi connectivity index (χ0n) is 19.7. The minimum absolute atomic E-state index is 0. The lowest BCUT2D eigenvalue weighted by molar-refractivity contribution is 0.0530. The summed E-state index contributed by atoms with van der Waals surface area (Å²) in [6.45, 7) is 12.4. The van der Waals surface area contributed by atoms with Gasteiger partial charge in [-0.1, -0.05) is 6.07 Å². The molecule has 0 saturated carbocycles. The first-order valence-corrected chi connectivity index (χ1v) is 11.9. The molecule has 0 bridgehead atoms. The molecule has 0 atom stereocenters. The number of hydrogen-bond acceptors (Lipinski definition) is 5. The standard InChI is InChI=1S/C24H38N4O3.HI/c1-4-25-23(27-20-7-11-28(12-8-20)18(2)3)26-16-24(9-13-29-14-10-24)19-5-6-21-22(15-19)31-17-30-21;/h5-6,15,18,20H,4,7-14,16-17H2,1-3H3,(H2,25,26,27);1H. The molecule has 180 valence electrons. The van der Waals surface area contributed by atoms with Crippen LogP contribution in [0.15, 0.2) is 23.2 Å². The minimum Gasteiger partial charge on any atom is -0.454 e. The number of hydrogen-bond donors (Lipinski definition) is 2. The Hall–Kier alpha value is -1.26. The predicted molar refractivity (Wildman–Crippen MR) is 139 cm³/mol.